The molecule has 0 fully saturated rings. The van der Waals surface area contributed by atoms with E-state index >= 15 is 0 Å². The van der Waals surface area contributed by atoms with Crippen LogP contribution in [-0.4, -0.2) is 20.3 Å². The molecule has 0 saturated heterocycles. The summed E-state index contributed by atoms with van der Waals surface area (Å²) in [5.41, 5.74) is 2.52. The molecule has 3 heteroatoms. The summed E-state index contributed by atoms with van der Waals surface area (Å²) in [4.78, 5) is 0. The van der Waals surface area contributed by atoms with Gasteiger partial charge in [-0.15, -0.1) is 0 Å². The number of hydrogen-bond acceptors (Lipinski definition) is 2. The number of halogens is 1. The topological polar surface area (TPSA) is 18.5 Å². The van der Waals surface area contributed by atoms with Crippen LogP contribution in [0.5, 0.6) is 5.75 Å². The third-order valence-electron chi connectivity index (χ3n) is 2.30. The molecule has 0 bridgehead atoms. The van der Waals surface area contributed by atoms with Gasteiger partial charge >= 0.3 is 0 Å². The molecule has 0 spiro atoms. The number of benzene rings is 1. The number of aryl methyl sites for hydroxylation is 2. The maximum atomic E-state index is 5.65. The minimum atomic E-state index is 0.689. The molecule has 0 saturated carbocycles. The fourth-order valence-corrected chi connectivity index (χ4v) is 1.82. The Morgan fingerprint density at radius 3 is 2.47 bits per heavy atom. The average molecular weight is 273 g/mol. The molecule has 0 aliphatic rings. The molecule has 84 valence electrons. The van der Waals surface area contributed by atoms with Crippen molar-refractivity contribution in [3.8, 4) is 5.75 Å². The SMILES string of the molecule is COCCCOc1cc(C)c(C)cc1Br. The summed E-state index contributed by atoms with van der Waals surface area (Å²) in [6.07, 6.45) is 0.913. The molecule has 0 atom stereocenters. The predicted octanol–water partition coefficient (Wildman–Crippen LogP) is 3.48. The minimum absolute atomic E-state index is 0.689. The van der Waals surface area contributed by atoms with Crippen molar-refractivity contribution >= 4 is 15.9 Å². The highest BCUT2D eigenvalue weighted by atomic mass is 79.9. The highest BCUT2D eigenvalue weighted by Crippen LogP contribution is 2.28. The Morgan fingerprint density at radius 1 is 1.13 bits per heavy atom. The first-order valence-electron chi connectivity index (χ1n) is 5.03. The van der Waals surface area contributed by atoms with Crippen LogP contribution in [-0.2, 0) is 4.74 Å². The molecular weight excluding hydrogens is 256 g/mol. The normalized spacial score (nSPS) is 10.4. The molecule has 0 heterocycles. The lowest BCUT2D eigenvalue weighted by Crippen LogP contribution is -2.02. The second-order valence-corrected chi connectivity index (χ2v) is 4.42. The zero-order valence-corrected chi connectivity index (χ0v) is 11.1. The molecule has 0 amide bonds. The van der Waals surface area contributed by atoms with Crippen LogP contribution in [0.3, 0.4) is 0 Å². The van der Waals surface area contributed by atoms with Gasteiger partial charge in [0, 0.05) is 20.1 Å². The van der Waals surface area contributed by atoms with E-state index < -0.39 is 0 Å². The lowest BCUT2D eigenvalue weighted by Gasteiger charge is -2.10. The first-order valence-corrected chi connectivity index (χ1v) is 5.83. The standard InChI is InChI=1S/C12H17BrO2/c1-9-7-11(13)12(8-10(9)2)15-6-4-5-14-3/h7-8H,4-6H2,1-3H3. The smallest absolute Gasteiger partial charge is 0.133 e. The Labute approximate surface area is 99.7 Å². The van der Waals surface area contributed by atoms with Gasteiger partial charge in [0.1, 0.15) is 5.75 Å². The summed E-state index contributed by atoms with van der Waals surface area (Å²) in [5.74, 6) is 0.911. The summed E-state index contributed by atoms with van der Waals surface area (Å²) in [6.45, 7) is 5.61. The average Bonchev–Trinajstić information content (AvgIpc) is 2.20. The maximum Gasteiger partial charge on any atom is 0.133 e. The van der Waals surface area contributed by atoms with Crippen molar-refractivity contribution in [1.29, 1.82) is 0 Å². The van der Waals surface area contributed by atoms with E-state index in [1.807, 2.05) is 0 Å². The van der Waals surface area contributed by atoms with Crippen molar-refractivity contribution in [3.63, 3.8) is 0 Å². The van der Waals surface area contributed by atoms with Gasteiger partial charge in [-0.3, -0.25) is 0 Å². The van der Waals surface area contributed by atoms with E-state index in [-0.39, 0.29) is 0 Å². The lowest BCUT2D eigenvalue weighted by atomic mass is 10.1. The van der Waals surface area contributed by atoms with E-state index in [4.69, 9.17) is 9.47 Å². The van der Waals surface area contributed by atoms with E-state index in [1.54, 1.807) is 7.11 Å². The van der Waals surface area contributed by atoms with Crippen LogP contribution in [0.2, 0.25) is 0 Å². The third kappa shape index (κ3) is 3.84. The summed E-state index contributed by atoms with van der Waals surface area (Å²) in [6, 6.07) is 4.15. The highest BCUT2D eigenvalue weighted by Gasteiger charge is 2.03. The molecule has 2 nitrogen and oxygen atoms in total. The number of rotatable bonds is 5. The zero-order chi connectivity index (χ0) is 11.3. The summed E-state index contributed by atoms with van der Waals surface area (Å²) >= 11 is 3.49. The molecule has 1 rings (SSSR count). The third-order valence-corrected chi connectivity index (χ3v) is 2.92. The second kappa shape index (κ2) is 6.13. The Bertz CT molecular complexity index is 324. The van der Waals surface area contributed by atoms with E-state index in [2.05, 4.69) is 41.9 Å². The lowest BCUT2D eigenvalue weighted by molar-refractivity contribution is 0.172. The summed E-state index contributed by atoms with van der Waals surface area (Å²) in [7, 11) is 1.70. The Kier molecular flexibility index (Phi) is 5.12. The van der Waals surface area contributed by atoms with Crippen LogP contribution in [0, 0.1) is 13.8 Å². The van der Waals surface area contributed by atoms with Crippen molar-refractivity contribution in [2.24, 2.45) is 0 Å². The molecule has 0 unspecified atom stereocenters. The number of methoxy groups -OCH3 is 1. The molecule has 0 radical (unpaired) electrons. The summed E-state index contributed by atoms with van der Waals surface area (Å²) < 4.78 is 11.6. The largest absolute Gasteiger partial charge is 0.492 e. The molecule has 0 aromatic heterocycles. The van der Waals surface area contributed by atoms with Crippen LogP contribution < -0.4 is 4.74 Å². The van der Waals surface area contributed by atoms with E-state index in [9.17, 15) is 0 Å². The van der Waals surface area contributed by atoms with E-state index in [0.717, 1.165) is 23.2 Å². The van der Waals surface area contributed by atoms with Gasteiger partial charge in [0.05, 0.1) is 11.1 Å². The summed E-state index contributed by atoms with van der Waals surface area (Å²) in [5, 5.41) is 0. The van der Waals surface area contributed by atoms with Gasteiger partial charge in [-0.2, -0.15) is 0 Å². The molecule has 1 aromatic carbocycles. The van der Waals surface area contributed by atoms with Crippen LogP contribution in [0.4, 0.5) is 0 Å². The van der Waals surface area contributed by atoms with Gasteiger partial charge in [-0.25, -0.2) is 0 Å². The molecular formula is C12H17BrO2. The van der Waals surface area contributed by atoms with Crippen molar-refractivity contribution in [1.82, 2.24) is 0 Å². The van der Waals surface area contributed by atoms with Crippen molar-refractivity contribution in [3.05, 3.63) is 27.7 Å². The fourth-order valence-electron chi connectivity index (χ4n) is 1.25. The molecule has 15 heavy (non-hydrogen) atoms. The monoisotopic (exact) mass is 272 g/mol. The van der Waals surface area contributed by atoms with Crippen LogP contribution >= 0.6 is 15.9 Å². The predicted molar refractivity (Wildman–Crippen MR) is 65.6 cm³/mol. The first kappa shape index (κ1) is 12.5. The molecule has 0 aliphatic heterocycles. The Morgan fingerprint density at radius 2 is 1.80 bits per heavy atom. The van der Waals surface area contributed by atoms with Gasteiger partial charge in [0.2, 0.25) is 0 Å². The van der Waals surface area contributed by atoms with Crippen LogP contribution in [0.15, 0.2) is 16.6 Å². The van der Waals surface area contributed by atoms with Gasteiger partial charge in [-0.05, 0) is 53.0 Å². The molecule has 0 N–H and O–H groups in total. The number of ether oxygens (including phenoxy) is 2. The first-order chi connectivity index (χ1) is 7.15. The highest BCUT2D eigenvalue weighted by molar-refractivity contribution is 9.10. The Hall–Kier alpha value is -0.540. The fraction of sp³-hybridized carbons (Fsp3) is 0.500. The zero-order valence-electron chi connectivity index (χ0n) is 9.47. The molecule has 1 aromatic rings. The van der Waals surface area contributed by atoms with Crippen LogP contribution in [0.1, 0.15) is 17.5 Å². The second-order valence-electron chi connectivity index (χ2n) is 3.56. The minimum Gasteiger partial charge on any atom is -0.492 e. The maximum absolute atomic E-state index is 5.65. The van der Waals surface area contributed by atoms with E-state index in [0.29, 0.717) is 6.61 Å². The van der Waals surface area contributed by atoms with Crippen molar-refractivity contribution < 1.29 is 9.47 Å². The van der Waals surface area contributed by atoms with Crippen LogP contribution in [0.25, 0.3) is 0 Å². The van der Waals surface area contributed by atoms with Gasteiger partial charge in [-0.1, -0.05) is 0 Å². The quantitative estimate of drug-likeness (QED) is 0.765. The Balaban J connectivity index is 2.57. The van der Waals surface area contributed by atoms with E-state index in [1.165, 1.54) is 11.1 Å². The molecule has 0 aliphatic carbocycles. The van der Waals surface area contributed by atoms with Gasteiger partial charge in [0.15, 0.2) is 0 Å². The number of hydrogen-bond donors (Lipinski definition) is 0. The van der Waals surface area contributed by atoms with Crippen molar-refractivity contribution in [2.45, 2.75) is 20.3 Å². The van der Waals surface area contributed by atoms with Gasteiger partial charge in [0.25, 0.3) is 0 Å². The van der Waals surface area contributed by atoms with Crippen molar-refractivity contribution in [2.75, 3.05) is 20.3 Å². The van der Waals surface area contributed by atoms with Gasteiger partial charge < -0.3 is 9.47 Å².